The standard InChI is InChI=1S/C13H15F3N2O/c1-2-17-11-6-3-8(13(14,15)16)7-10(11)12(19)18-9-4-5-9/h3,6-7,9,17H,2,4-5H2,1H3,(H,18,19). The molecule has 0 atom stereocenters. The van der Waals surface area contributed by atoms with Crippen molar-refractivity contribution in [1.29, 1.82) is 0 Å². The Bertz CT molecular complexity index is 481. The maximum absolute atomic E-state index is 12.7. The molecule has 1 aliphatic rings. The lowest BCUT2D eigenvalue weighted by Crippen LogP contribution is -2.26. The van der Waals surface area contributed by atoms with Crippen LogP contribution in [0.3, 0.4) is 0 Å². The zero-order valence-corrected chi connectivity index (χ0v) is 10.5. The Kier molecular flexibility index (Phi) is 3.68. The first-order chi connectivity index (χ1) is 8.91. The third kappa shape index (κ3) is 3.39. The van der Waals surface area contributed by atoms with Crippen LogP contribution in [0.1, 0.15) is 35.7 Å². The second kappa shape index (κ2) is 5.11. The molecule has 0 aromatic heterocycles. The summed E-state index contributed by atoms with van der Waals surface area (Å²) < 4.78 is 38.0. The average molecular weight is 272 g/mol. The highest BCUT2D eigenvalue weighted by molar-refractivity contribution is 6.00. The van der Waals surface area contributed by atoms with Crippen molar-refractivity contribution in [2.75, 3.05) is 11.9 Å². The second-order valence-corrected chi connectivity index (χ2v) is 4.54. The molecule has 0 bridgehead atoms. The van der Waals surface area contributed by atoms with Crippen molar-refractivity contribution in [3.05, 3.63) is 29.3 Å². The summed E-state index contributed by atoms with van der Waals surface area (Å²) in [6, 6.07) is 3.28. The van der Waals surface area contributed by atoms with Crippen molar-refractivity contribution < 1.29 is 18.0 Å². The van der Waals surface area contributed by atoms with E-state index < -0.39 is 17.6 Å². The quantitative estimate of drug-likeness (QED) is 0.884. The summed E-state index contributed by atoms with van der Waals surface area (Å²) in [7, 11) is 0. The lowest BCUT2D eigenvalue weighted by Gasteiger charge is -2.14. The minimum atomic E-state index is -4.45. The van der Waals surface area contributed by atoms with Crippen molar-refractivity contribution in [3.8, 4) is 0 Å². The molecular formula is C13H15F3N2O. The second-order valence-electron chi connectivity index (χ2n) is 4.54. The molecule has 0 heterocycles. The highest BCUT2D eigenvalue weighted by Gasteiger charge is 2.32. The van der Waals surface area contributed by atoms with E-state index in [1.165, 1.54) is 6.07 Å². The van der Waals surface area contributed by atoms with E-state index in [9.17, 15) is 18.0 Å². The zero-order valence-electron chi connectivity index (χ0n) is 10.5. The summed E-state index contributed by atoms with van der Waals surface area (Å²) in [6.45, 7) is 2.36. The Balaban J connectivity index is 2.31. The predicted molar refractivity (Wildman–Crippen MR) is 66.1 cm³/mol. The summed E-state index contributed by atoms with van der Waals surface area (Å²) >= 11 is 0. The molecule has 0 aliphatic heterocycles. The highest BCUT2D eigenvalue weighted by Crippen LogP contribution is 2.32. The predicted octanol–water partition coefficient (Wildman–Crippen LogP) is 3.03. The van der Waals surface area contributed by atoms with Crippen molar-refractivity contribution in [2.24, 2.45) is 0 Å². The lowest BCUT2D eigenvalue weighted by molar-refractivity contribution is -0.137. The van der Waals surface area contributed by atoms with Crippen LogP contribution in [0.2, 0.25) is 0 Å². The first-order valence-corrected chi connectivity index (χ1v) is 6.17. The van der Waals surface area contributed by atoms with Gasteiger partial charge in [-0.2, -0.15) is 13.2 Å². The molecular weight excluding hydrogens is 257 g/mol. The SMILES string of the molecule is CCNc1ccc(C(F)(F)F)cc1C(=O)NC1CC1. The van der Waals surface area contributed by atoms with Gasteiger partial charge < -0.3 is 10.6 Å². The number of nitrogens with one attached hydrogen (secondary N) is 2. The van der Waals surface area contributed by atoms with Gasteiger partial charge >= 0.3 is 6.18 Å². The topological polar surface area (TPSA) is 41.1 Å². The molecule has 0 unspecified atom stereocenters. The van der Waals surface area contributed by atoms with Crippen LogP contribution >= 0.6 is 0 Å². The van der Waals surface area contributed by atoms with Gasteiger partial charge in [0.25, 0.3) is 5.91 Å². The minimum Gasteiger partial charge on any atom is -0.385 e. The number of hydrogen-bond donors (Lipinski definition) is 2. The molecule has 1 saturated carbocycles. The third-order valence-corrected chi connectivity index (χ3v) is 2.87. The Morgan fingerprint density at radius 3 is 2.58 bits per heavy atom. The van der Waals surface area contributed by atoms with E-state index in [-0.39, 0.29) is 11.6 Å². The van der Waals surface area contributed by atoms with Gasteiger partial charge in [-0.05, 0) is 38.0 Å². The van der Waals surface area contributed by atoms with Gasteiger partial charge in [-0.3, -0.25) is 4.79 Å². The molecule has 2 rings (SSSR count). The summed E-state index contributed by atoms with van der Waals surface area (Å²) in [6.07, 6.45) is -2.66. The monoisotopic (exact) mass is 272 g/mol. The molecule has 104 valence electrons. The lowest BCUT2D eigenvalue weighted by atomic mass is 10.1. The molecule has 1 amide bonds. The van der Waals surface area contributed by atoms with Gasteiger partial charge in [0.15, 0.2) is 0 Å². The smallest absolute Gasteiger partial charge is 0.385 e. The summed E-state index contributed by atoms with van der Waals surface area (Å²) in [5, 5.41) is 5.60. The zero-order chi connectivity index (χ0) is 14.0. The maximum Gasteiger partial charge on any atom is 0.416 e. The van der Waals surface area contributed by atoms with Gasteiger partial charge in [-0.15, -0.1) is 0 Å². The molecule has 0 saturated heterocycles. The molecule has 6 heteroatoms. The van der Waals surface area contributed by atoms with E-state index in [0.29, 0.717) is 12.2 Å². The van der Waals surface area contributed by atoms with Crippen LogP contribution in [0.25, 0.3) is 0 Å². The summed E-state index contributed by atoms with van der Waals surface area (Å²) in [5.74, 6) is -0.454. The fraction of sp³-hybridized carbons (Fsp3) is 0.462. The van der Waals surface area contributed by atoms with Crippen LogP contribution in [-0.2, 0) is 6.18 Å². The minimum absolute atomic E-state index is 0.0450. The Hall–Kier alpha value is -1.72. The number of rotatable bonds is 4. The normalized spacial score (nSPS) is 15.2. The highest BCUT2D eigenvalue weighted by atomic mass is 19.4. The average Bonchev–Trinajstić information content (AvgIpc) is 3.12. The van der Waals surface area contributed by atoms with E-state index >= 15 is 0 Å². The number of benzene rings is 1. The van der Waals surface area contributed by atoms with Gasteiger partial charge in [0.2, 0.25) is 0 Å². The number of hydrogen-bond acceptors (Lipinski definition) is 2. The van der Waals surface area contributed by atoms with Crippen molar-refractivity contribution in [3.63, 3.8) is 0 Å². The molecule has 0 spiro atoms. The summed E-state index contributed by atoms with van der Waals surface area (Å²) in [5.41, 5.74) is -0.340. The van der Waals surface area contributed by atoms with Crippen molar-refractivity contribution in [2.45, 2.75) is 32.0 Å². The van der Waals surface area contributed by atoms with E-state index in [0.717, 1.165) is 25.0 Å². The van der Waals surface area contributed by atoms with E-state index in [4.69, 9.17) is 0 Å². The van der Waals surface area contributed by atoms with Gasteiger partial charge in [0, 0.05) is 18.3 Å². The van der Waals surface area contributed by atoms with Crippen molar-refractivity contribution in [1.82, 2.24) is 5.32 Å². The number of alkyl halides is 3. The molecule has 2 N–H and O–H groups in total. The Morgan fingerprint density at radius 1 is 1.37 bits per heavy atom. The first kappa shape index (κ1) is 13.7. The first-order valence-electron chi connectivity index (χ1n) is 6.17. The van der Waals surface area contributed by atoms with Gasteiger partial charge in [0.05, 0.1) is 11.1 Å². The number of anilines is 1. The largest absolute Gasteiger partial charge is 0.416 e. The van der Waals surface area contributed by atoms with Gasteiger partial charge in [-0.1, -0.05) is 0 Å². The van der Waals surface area contributed by atoms with Crippen LogP contribution < -0.4 is 10.6 Å². The molecule has 3 nitrogen and oxygen atoms in total. The van der Waals surface area contributed by atoms with E-state index in [1.807, 2.05) is 6.92 Å². The molecule has 19 heavy (non-hydrogen) atoms. The maximum atomic E-state index is 12.7. The molecule has 1 aliphatic carbocycles. The molecule has 1 aromatic carbocycles. The van der Waals surface area contributed by atoms with Gasteiger partial charge in [-0.25, -0.2) is 0 Å². The van der Waals surface area contributed by atoms with E-state index in [1.54, 1.807) is 0 Å². The van der Waals surface area contributed by atoms with Gasteiger partial charge in [0.1, 0.15) is 0 Å². The molecule has 1 fully saturated rings. The van der Waals surface area contributed by atoms with Crippen LogP contribution in [-0.4, -0.2) is 18.5 Å². The fourth-order valence-electron chi connectivity index (χ4n) is 1.74. The summed E-state index contributed by atoms with van der Waals surface area (Å²) in [4.78, 5) is 12.0. The van der Waals surface area contributed by atoms with Crippen LogP contribution in [0.15, 0.2) is 18.2 Å². The van der Waals surface area contributed by atoms with Crippen molar-refractivity contribution >= 4 is 11.6 Å². The fourth-order valence-corrected chi connectivity index (χ4v) is 1.74. The van der Waals surface area contributed by atoms with Crippen LogP contribution in [0, 0.1) is 0 Å². The van der Waals surface area contributed by atoms with Crippen LogP contribution in [0.4, 0.5) is 18.9 Å². The van der Waals surface area contributed by atoms with E-state index in [2.05, 4.69) is 10.6 Å². The third-order valence-electron chi connectivity index (χ3n) is 2.87. The Labute approximate surface area is 109 Å². The number of carbonyl (C=O) groups excluding carboxylic acids is 1. The number of carbonyl (C=O) groups is 1. The Morgan fingerprint density at radius 2 is 2.05 bits per heavy atom. The van der Waals surface area contributed by atoms with Crippen LogP contribution in [0.5, 0.6) is 0 Å². The number of halogens is 3. The molecule has 0 radical (unpaired) electrons. The molecule has 1 aromatic rings. The number of amides is 1.